The molecule has 11 heteroatoms. The molecule has 0 radical (unpaired) electrons. The van der Waals surface area contributed by atoms with Crippen LogP contribution in [0.5, 0.6) is 11.5 Å². The van der Waals surface area contributed by atoms with Crippen molar-refractivity contribution in [1.29, 1.82) is 0 Å². The molecule has 1 aliphatic heterocycles. The highest BCUT2D eigenvalue weighted by molar-refractivity contribution is 7.90. The van der Waals surface area contributed by atoms with Crippen molar-refractivity contribution in [2.24, 2.45) is 0 Å². The third kappa shape index (κ3) is 5.96. The maximum atomic E-state index is 13.4. The number of benzene rings is 2. The summed E-state index contributed by atoms with van der Waals surface area (Å²) in [6.45, 7) is 0.882. The van der Waals surface area contributed by atoms with Crippen LogP contribution in [0.3, 0.4) is 0 Å². The first-order valence-corrected chi connectivity index (χ1v) is 12.9. The van der Waals surface area contributed by atoms with Crippen LogP contribution in [0, 0.1) is 0 Å². The Hall–Kier alpha value is -3.18. The Kier molecular flexibility index (Phi) is 7.79. The van der Waals surface area contributed by atoms with Crippen molar-refractivity contribution < 1.29 is 35.8 Å². The fraction of sp³-hybridized carbons (Fsp3) is 0.360. The van der Waals surface area contributed by atoms with Crippen LogP contribution in [0.2, 0.25) is 0 Å². The Balaban J connectivity index is 1.66. The first-order valence-electron chi connectivity index (χ1n) is 11.3. The van der Waals surface area contributed by atoms with Crippen molar-refractivity contribution in [3.63, 3.8) is 0 Å². The number of sulfone groups is 1. The molecule has 3 aromatic rings. The molecule has 0 N–H and O–H groups in total. The molecule has 0 bridgehead atoms. The van der Waals surface area contributed by atoms with Gasteiger partial charge in [-0.1, -0.05) is 12.1 Å². The average molecular weight is 523 g/mol. The van der Waals surface area contributed by atoms with E-state index >= 15 is 0 Å². The Morgan fingerprint density at radius 2 is 1.89 bits per heavy atom. The number of rotatable bonds is 9. The molecule has 0 unspecified atom stereocenters. The average Bonchev–Trinajstić information content (AvgIpc) is 2.85. The number of aromatic nitrogens is 2. The number of alkyl halides is 3. The molecule has 4 rings (SSSR count). The monoisotopic (exact) mass is 522 g/mol. The summed E-state index contributed by atoms with van der Waals surface area (Å²) in [6.07, 6.45) is -2.04. The molecular formula is C25H25F3N2O5S. The number of methoxy groups -OCH3 is 1. The lowest BCUT2D eigenvalue weighted by Gasteiger charge is -2.28. The van der Waals surface area contributed by atoms with E-state index in [9.17, 15) is 21.6 Å². The van der Waals surface area contributed by atoms with Gasteiger partial charge in [0.2, 0.25) is 0 Å². The van der Waals surface area contributed by atoms with Crippen LogP contribution in [0.1, 0.15) is 41.1 Å². The second kappa shape index (κ2) is 10.8. The molecule has 1 aromatic heterocycles. The number of hydrogen-bond acceptors (Lipinski definition) is 7. The van der Waals surface area contributed by atoms with Gasteiger partial charge >= 0.3 is 6.18 Å². The number of halogens is 3. The highest BCUT2D eigenvalue weighted by Crippen LogP contribution is 2.44. The largest absolute Gasteiger partial charge is 0.493 e. The van der Waals surface area contributed by atoms with Crippen molar-refractivity contribution in [3.8, 4) is 11.5 Å². The molecular weight excluding hydrogens is 497 g/mol. The molecule has 7 nitrogen and oxygen atoms in total. The maximum absolute atomic E-state index is 13.4. The molecule has 0 amide bonds. The van der Waals surface area contributed by atoms with E-state index in [-0.39, 0.29) is 35.5 Å². The number of nitrogens with zero attached hydrogens (tertiary/aromatic N) is 2. The van der Waals surface area contributed by atoms with Crippen LogP contribution in [-0.4, -0.2) is 45.5 Å². The van der Waals surface area contributed by atoms with Gasteiger partial charge in [0.05, 0.1) is 35.1 Å². The summed E-state index contributed by atoms with van der Waals surface area (Å²) in [5, 5.41) is 7.55. The summed E-state index contributed by atoms with van der Waals surface area (Å²) in [7, 11) is -2.18. The SMILES string of the molecule is COCCCOc1cc(C(F)(F)F)ccc1[C@H]1CCOc2cc(S(=O)(=O)Cc3cccnn3)ccc21. The van der Waals surface area contributed by atoms with Gasteiger partial charge in [-0.3, -0.25) is 0 Å². The Morgan fingerprint density at radius 3 is 2.61 bits per heavy atom. The van der Waals surface area contributed by atoms with E-state index in [2.05, 4.69) is 10.2 Å². The third-order valence-electron chi connectivity index (χ3n) is 5.82. The lowest BCUT2D eigenvalue weighted by Crippen LogP contribution is -2.18. The van der Waals surface area contributed by atoms with Crippen LogP contribution in [0.15, 0.2) is 59.6 Å². The van der Waals surface area contributed by atoms with Crippen molar-refractivity contribution in [3.05, 3.63) is 77.1 Å². The van der Waals surface area contributed by atoms with Crippen LogP contribution in [0.25, 0.3) is 0 Å². The van der Waals surface area contributed by atoms with E-state index in [4.69, 9.17) is 14.2 Å². The predicted octanol–water partition coefficient (Wildman–Crippen LogP) is 4.80. The van der Waals surface area contributed by atoms with Gasteiger partial charge in [0, 0.05) is 43.4 Å². The molecule has 2 aromatic carbocycles. The van der Waals surface area contributed by atoms with Crippen molar-refractivity contribution >= 4 is 9.84 Å². The molecule has 1 aliphatic rings. The summed E-state index contributed by atoms with van der Waals surface area (Å²) in [6, 6.07) is 11.2. The summed E-state index contributed by atoms with van der Waals surface area (Å²) in [5.74, 6) is -0.137. The minimum Gasteiger partial charge on any atom is -0.493 e. The van der Waals surface area contributed by atoms with Gasteiger partial charge in [-0.2, -0.15) is 23.4 Å². The highest BCUT2D eigenvalue weighted by Gasteiger charge is 2.33. The predicted molar refractivity (Wildman–Crippen MR) is 125 cm³/mol. The zero-order valence-electron chi connectivity index (χ0n) is 19.5. The number of ether oxygens (including phenoxy) is 3. The molecule has 0 spiro atoms. The topological polar surface area (TPSA) is 87.6 Å². The Labute approximate surface area is 207 Å². The standard InChI is InChI=1S/C25H25F3N2O5S/c1-33-11-3-12-34-23-14-17(25(26,27)28)5-7-21(23)20-9-13-35-24-15-19(6-8-22(20)24)36(31,32)16-18-4-2-10-29-30-18/h2,4-8,10,14-15,20H,3,9,11-13,16H2,1H3/t20-/m1/s1. The number of fused-ring (bicyclic) bond motifs is 1. The van der Waals surface area contributed by atoms with E-state index in [1.54, 1.807) is 18.2 Å². The molecule has 0 fully saturated rings. The molecule has 0 saturated carbocycles. The first-order chi connectivity index (χ1) is 17.2. The third-order valence-corrected chi connectivity index (χ3v) is 7.46. The van der Waals surface area contributed by atoms with E-state index in [1.807, 2.05) is 0 Å². The van der Waals surface area contributed by atoms with Gasteiger partial charge < -0.3 is 14.2 Å². The minimum absolute atomic E-state index is 0.0658. The molecule has 2 heterocycles. The quantitative estimate of drug-likeness (QED) is 0.373. The maximum Gasteiger partial charge on any atom is 0.416 e. The fourth-order valence-corrected chi connectivity index (χ4v) is 5.36. The first kappa shape index (κ1) is 25.9. The molecule has 36 heavy (non-hydrogen) atoms. The van der Waals surface area contributed by atoms with Crippen molar-refractivity contribution in [2.75, 3.05) is 26.9 Å². The fourth-order valence-electron chi connectivity index (χ4n) is 4.08. The second-order valence-corrected chi connectivity index (χ2v) is 10.3. The normalized spacial score (nSPS) is 15.7. The minimum atomic E-state index is -4.51. The molecule has 1 atom stereocenters. The van der Waals surface area contributed by atoms with E-state index in [1.165, 1.54) is 31.5 Å². The van der Waals surface area contributed by atoms with Crippen LogP contribution >= 0.6 is 0 Å². The Bertz CT molecular complexity index is 1300. The van der Waals surface area contributed by atoms with Gasteiger partial charge in [-0.25, -0.2) is 8.42 Å². The zero-order valence-corrected chi connectivity index (χ0v) is 20.3. The van der Waals surface area contributed by atoms with Gasteiger partial charge in [0.25, 0.3) is 0 Å². The van der Waals surface area contributed by atoms with Crippen LogP contribution in [-0.2, 0) is 26.5 Å². The Morgan fingerprint density at radius 1 is 1.08 bits per heavy atom. The van der Waals surface area contributed by atoms with Crippen molar-refractivity contribution in [1.82, 2.24) is 10.2 Å². The smallest absolute Gasteiger partial charge is 0.416 e. The summed E-state index contributed by atoms with van der Waals surface area (Å²) in [5.41, 5.74) is 0.779. The van der Waals surface area contributed by atoms with Crippen LogP contribution < -0.4 is 9.47 Å². The summed E-state index contributed by atoms with van der Waals surface area (Å²) in [4.78, 5) is 0.0658. The second-order valence-electron chi connectivity index (χ2n) is 8.31. The van der Waals surface area contributed by atoms with E-state index in [0.29, 0.717) is 42.0 Å². The van der Waals surface area contributed by atoms with Gasteiger partial charge in [-0.15, -0.1) is 0 Å². The molecule has 0 saturated heterocycles. The van der Waals surface area contributed by atoms with E-state index in [0.717, 1.165) is 12.1 Å². The lowest BCUT2D eigenvalue weighted by molar-refractivity contribution is -0.137. The van der Waals surface area contributed by atoms with Crippen LogP contribution in [0.4, 0.5) is 13.2 Å². The molecule has 192 valence electrons. The van der Waals surface area contributed by atoms with Crippen molar-refractivity contribution in [2.45, 2.75) is 35.6 Å². The zero-order chi connectivity index (χ0) is 25.8. The molecule has 0 aliphatic carbocycles. The van der Waals surface area contributed by atoms with Gasteiger partial charge in [0.1, 0.15) is 11.5 Å². The summed E-state index contributed by atoms with van der Waals surface area (Å²) >= 11 is 0. The van der Waals surface area contributed by atoms with Gasteiger partial charge in [-0.05, 0) is 42.8 Å². The summed E-state index contributed by atoms with van der Waals surface area (Å²) < 4.78 is 82.5. The highest BCUT2D eigenvalue weighted by atomic mass is 32.2. The number of hydrogen-bond donors (Lipinski definition) is 0. The lowest BCUT2D eigenvalue weighted by atomic mass is 9.85. The van der Waals surface area contributed by atoms with E-state index < -0.39 is 21.6 Å². The van der Waals surface area contributed by atoms with Gasteiger partial charge in [0.15, 0.2) is 9.84 Å².